The molecule has 1 saturated heterocycles. The molecule has 1 aliphatic rings. The van der Waals surface area contributed by atoms with Gasteiger partial charge in [-0.25, -0.2) is 4.98 Å². The summed E-state index contributed by atoms with van der Waals surface area (Å²) in [6.07, 6.45) is 3.76. The quantitative estimate of drug-likeness (QED) is 0.648. The normalized spacial score (nSPS) is 19.9. The Kier molecular flexibility index (Phi) is 3.76. The summed E-state index contributed by atoms with van der Waals surface area (Å²) in [6, 6.07) is 1.56. The van der Waals surface area contributed by atoms with Crippen LogP contribution in [0, 0.1) is 23.0 Å². The van der Waals surface area contributed by atoms with Gasteiger partial charge in [-0.15, -0.1) is 0 Å². The zero-order valence-corrected chi connectivity index (χ0v) is 10.5. The maximum atomic E-state index is 10.9. The van der Waals surface area contributed by atoms with Crippen LogP contribution in [0.3, 0.4) is 0 Å². The van der Waals surface area contributed by atoms with Gasteiger partial charge in [0.1, 0.15) is 5.82 Å². The van der Waals surface area contributed by atoms with Gasteiger partial charge in [0, 0.05) is 24.8 Å². The van der Waals surface area contributed by atoms with Crippen molar-refractivity contribution in [2.45, 2.75) is 19.8 Å². The minimum Gasteiger partial charge on any atom is -0.356 e. The molecule has 1 fully saturated rings. The first kappa shape index (κ1) is 12.8. The van der Waals surface area contributed by atoms with Crippen molar-refractivity contribution in [3.8, 4) is 0 Å². The van der Waals surface area contributed by atoms with Gasteiger partial charge < -0.3 is 10.6 Å². The van der Waals surface area contributed by atoms with E-state index >= 15 is 0 Å². The van der Waals surface area contributed by atoms with Crippen molar-refractivity contribution in [2.24, 2.45) is 11.7 Å². The zero-order valence-electron chi connectivity index (χ0n) is 10.5. The van der Waals surface area contributed by atoms with E-state index in [1.807, 2.05) is 0 Å². The van der Waals surface area contributed by atoms with Crippen LogP contribution in [0.5, 0.6) is 0 Å². The van der Waals surface area contributed by atoms with Gasteiger partial charge in [-0.2, -0.15) is 0 Å². The molecule has 2 heterocycles. The monoisotopic (exact) mass is 250 g/mol. The topological polar surface area (TPSA) is 85.3 Å². The summed E-state index contributed by atoms with van der Waals surface area (Å²) in [5.74, 6) is 1.14. The Bertz CT molecular complexity index is 450. The lowest BCUT2D eigenvalue weighted by molar-refractivity contribution is -0.385. The molecule has 0 radical (unpaired) electrons. The van der Waals surface area contributed by atoms with Crippen LogP contribution in [-0.4, -0.2) is 29.5 Å². The minimum absolute atomic E-state index is 0.134. The smallest absolute Gasteiger partial charge is 0.277 e. The number of piperidine rings is 1. The van der Waals surface area contributed by atoms with Gasteiger partial charge in [-0.1, -0.05) is 0 Å². The summed E-state index contributed by atoms with van der Waals surface area (Å²) >= 11 is 0. The van der Waals surface area contributed by atoms with E-state index in [-0.39, 0.29) is 10.6 Å². The predicted octanol–water partition coefficient (Wildman–Crippen LogP) is 1.47. The minimum atomic E-state index is -0.356. The number of nitrogens with zero attached hydrogens (tertiary/aromatic N) is 3. The molecule has 1 atom stereocenters. The zero-order chi connectivity index (χ0) is 13.1. The van der Waals surface area contributed by atoms with Crippen LogP contribution in [-0.2, 0) is 0 Å². The fourth-order valence-corrected chi connectivity index (χ4v) is 2.34. The van der Waals surface area contributed by atoms with E-state index in [9.17, 15) is 10.1 Å². The molecule has 0 aliphatic carbocycles. The fourth-order valence-electron chi connectivity index (χ4n) is 2.34. The van der Waals surface area contributed by atoms with Crippen molar-refractivity contribution in [1.29, 1.82) is 0 Å². The molecule has 2 N–H and O–H groups in total. The van der Waals surface area contributed by atoms with Crippen LogP contribution >= 0.6 is 0 Å². The van der Waals surface area contributed by atoms with E-state index in [2.05, 4.69) is 9.88 Å². The molecule has 18 heavy (non-hydrogen) atoms. The fraction of sp³-hybridized carbons (Fsp3) is 0.583. The van der Waals surface area contributed by atoms with Gasteiger partial charge in [-0.05, 0) is 32.2 Å². The summed E-state index contributed by atoms with van der Waals surface area (Å²) in [4.78, 5) is 16.9. The van der Waals surface area contributed by atoms with Crippen LogP contribution in [0.1, 0.15) is 18.4 Å². The number of hydrogen-bond acceptors (Lipinski definition) is 5. The molecule has 98 valence electrons. The van der Waals surface area contributed by atoms with E-state index in [4.69, 9.17) is 5.73 Å². The Balaban J connectivity index is 2.22. The molecule has 6 nitrogen and oxygen atoms in total. The van der Waals surface area contributed by atoms with Gasteiger partial charge in [-0.3, -0.25) is 10.1 Å². The highest BCUT2D eigenvalue weighted by molar-refractivity contribution is 5.50. The van der Waals surface area contributed by atoms with Gasteiger partial charge in [0.25, 0.3) is 5.69 Å². The third-order valence-electron chi connectivity index (χ3n) is 3.43. The Hall–Kier alpha value is -1.69. The predicted molar refractivity (Wildman–Crippen MR) is 69.6 cm³/mol. The molecule has 2 rings (SSSR count). The maximum Gasteiger partial charge on any atom is 0.277 e. The van der Waals surface area contributed by atoms with Gasteiger partial charge in [0.2, 0.25) is 0 Å². The first-order valence-corrected chi connectivity index (χ1v) is 6.18. The average molecular weight is 250 g/mol. The van der Waals surface area contributed by atoms with Crippen molar-refractivity contribution in [3.05, 3.63) is 27.9 Å². The Morgan fingerprint density at radius 2 is 2.44 bits per heavy atom. The van der Waals surface area contributed by atoms with E-state index in [0.717, 1.165) is 25.9 Å². The Labute approximate surface area is 106 Å². The average Bonchev–Trinajstić information content (AvgIpc) is 2.39. The molecule has 0 spiro atoms. The van der Waals surface area contributed by atoms with Crippen LogP contribution in [0.25, 0.3) is 0 Å². The third kappa shape index (κ3) is 2.59. The summed E-state index contributed by atoms with van der Waals surface area (Å²) in [7, 11) is 0. The summed E-state index contributed by atoms with van der Waals surface area (Å²) < 4.78 is 0. The maximum absolute atomic E-state index is 10.9. The van der Waals surface area contributed by atoms with Crippen LogP contribution in [0.2, 0.25) is 0 Å². The number of pyridine rings is 1. The molecule has 1 aromatic rings. The number of rotatable bonds is 3. The molecule has 0 bridgehead atoms. The highest BCUT2D eigenvalue weighted by Gasteiger charge is 2.22. The Morgan fingerprint density at radius 1 is 1.67 bits per heavy atom. The van der Waals surface area contributed by atoms with Crippen LogP contribution < -0.4 is 10.6 Å². The second kappa shape index (κ2) is 5.30. The SMILES string of the molecule is Cc1cnc(N2CCCC(CN)C2)cc1[N+](=O)[O-]. The first-order valence-electron chi connectivity index (χ1n) is 6.18. The molecule has 1 aliphatic heterocycles. The lowest BCUT2D eigenvalue weighted by Gasteiger charge is -2.32. The summed E-state index contributed by atoms with van der Waals surface area (Å²) in [5, 5.41) is 10.9. The second-order valence-corrected chi connectivity index (χ2v) is 4.78. The van der Waals surface area contributed by atoms with Crippen molar-refractivity contribution >= 4 is 11.5 Å². The number of nitrogens with two attached hydrogens (primary N) is 1. The van der Waals surface area contributed by atoms with Gasteiger partial charge in [0.05, 0.1) is 11.0 Å². The molecule has 0 amide bonds. The largest absolute Gasteiger partial charge is 0.356 e. The van der Waals surface area contributed by atoms with Gasteiger partial charge in [0.15, 0.2) is 0 Å². The molecule has 0 aromatic carbocycles. The number of hydrogen-bond donors (Lipinski definition) is 1. The molecule has 6 heteroatoms. The van der Waals surface area contributed by atoms with Crippen molar-refractivity contribution < 1.29 is 4.92 Å². The second-order valence-electron chi connectivity index (χ2n) is 4.78. The van der Waals surface area contributed by atoms with E-state index < -0.39 is 0 Å². The molecule has 0 saturated carbocycles. The van der Waals surface area contributed by atoms with Gasteiger partial charge >= 0.3 is 0 Å². The molecule has 1 unspecified atom stereocenters. The van der Waals surface area contributed by atoms with Crippen LogP contribution in [0.4, 0.5) is 11.5 Å². The molecular formula is C12H18N4O2. The van der Waals surface area contributed by atoms with Crippen molar-refractivity contribution in [1.82, 2.24) is 4.98 Å². The van der Waals surface area contributed by atoms with Crippen LogP contribution in [0.15, 0.2) is 12.3 Å². The first-order chi connectivity index (χ1) is 8.61. The number of aromatic nitrogens is 1. The summed E-state index contributed by atoms with van der Waals surface area (Å²) in [6.45, 7) is 4.09. The highest BCUT2D eigenvalue weighted by atomic mass is 16.6. The molecular weight excluding hydrogens is 232 g/mol. The summed E-state index contributed by atoms with van der Waals surface area (Å²) in [5.41, 5.74) is 6.42. The van der Waals surface area contributed by atoms with E-state index in [1.165, 1.54) is 0 Å². The van der Waals surface area contributed by atoms with E-state index in [1.54, 1.807) is 19.2 Å². The third-order valence-corrected chi connectivity index (χ3v) is 3.43. The Morgan fingerprint density at radius 3 is 3.11 bits per heavy atom. The lowest BCUT2D eigenvalue weighted by Crippen LogP contribution is -2.38. The highest BCUT2D eigenvalue weighted by Crippen LogP contribution is 2.26. The van der Waals surface area contributed by atoms with Crippen molar-refractivity contribution in [2.75, 3.05) is 24.5 Å². The number of nitro groups is 1. The lowest BCUT2D eigenvalue weighted by atomic mass is 9.98. The number of anilines is 1. The number of aryl methyl sites for hydroxylation is 1. The van der Waals surface area contributed by atoms with E-state index in [0.29, 0.717) is 23.8 Å². The standard InChI is InChI=1S/C12H18N4O2/c1-9-7-14-12(5-11(9)16(17)18)15-4-2-3-10(6-13)8-15/h5,7,10H,2-4,6,8,13H2,1H3. The molecule has 1 aromatic heterocycles. The van der Waals surface area contributed by atoms with Crippen molar-refractivity contribution in [3.63, 3.8) is 0 Å².